The Labute approximate surface area is 107 Å². The van der Waals surface area contributed by atoms with Crippen molar-refractivity contribution in [3.8, 4) is 0 Å². The van der Waals surface area contributed by atoms with E-state index < -0.39 is 0 Å². The number of nitrogens with zero attached hydrogens (tertiary/aromatic N) is 1. The summed E-state index contributed by atoms with van der Waals surface area (Å²) in [6, 6.07) is 11.3. The van der Waals surface area contributed by atoms with E-state index in [2.05, 4.69) is 54.5 Å². The molecule has 2 nitrogen and oxygen atoms in total. The van der Waals surface area contributed by atoms with Crippen LogP contribution in [0.5, 0.6) is 0 Å². The summed E-state index contributed by atoms with van der Waals surface area (Å²) < 4.78 is 0. The molecular formula is C14H18N2S. The van der Waals surface area contributed by atoms with Gasteiger partial charge in [0.15, 0.2) is 0 Å². The average Bonchev–Trinajstić information content (AvgIpc) is 2.82. The van der Waals surface area contributed by atoms with Gasteiger partial charge < -0.3 is 5.32 Å². The fraction of sp³-hybridized carbons (Fsp3) is 0.357. The molecular weight excluding hydrogens is 228 g/mol. The Kier molecular flexibility index (Phi) is 4.29. The first-order chi connectivity index (χ1) is 8.25. The van der Waals surface area contributed by atoms with E-state index >= 15 is 0 Å². The Hall–Kier alpha value is -1.19. The molecule has 0 saturated heterocycles. The smallest absolute Gasteiger partial charge is 0.110 e. The van der Waals surface area contributed by atoms with E-state index in [1.165, 1.54) is 10.6 Å². The maximum absolute atomic E-state index is 4.42. The topological polar surface area (TPSA) is 24.9 Å². The summed E-state index contributed by atoms with van der Waals surface area (Å²) in [5.74, 6) is 0. The highest BCUT2D eigenvalue weighted by atomic mass is 32.1. The summed E-state index contributed by atoms with van der Waals surface area (Å²) in [6.07, 6.45) is 2.87. The number of thiazole rings is 1. The fourth-order valence-corrected chi connectivity index (χ4v) is 2.57. The first kappa shape index (κ1) is 12.3. The third-order valence-corrected chi connectivity index (χ3v) is 3.46. The van der Waals surface area contributed by atoms with Gasteiger partial charge in [-0.05, 0) is 12.0 Å². The van der Waals surface area contributed by atoms with Gasteiger partial charge in [0.1, 0.15) is 5.01 Å². The summed E-state index contributed by atoms with van der Waals surface area (Å²) in [5, 5.41) is 6.78. The van der Waals surface area contributed by atoms with Crippen LogP contribution in [0.3, 0.4) is 0 Å². The van der Waals surface area contributed by atoms with Gasteiger partial charge in [-0.15, -0.1) is 11.3 Å². The van der Waals surface area contributed by atoms with Gasteiger partial charge in [0.2, 0.25) is 0 Å². The molecule has 0 aliphatic carbocycles. The molecule has 17 heavy (non-hydrogen) atoms. The van der Waals surface area contributed by atoms with Gasteiger partial charge in [-0.1, -0.05) is 44.2 Å². The zero-order valence-electron chi connectivity index (χ0n) is 10.3. The molecule has 0 bridgehead atoms. The van der Waals surface area contributed by atoms with Crippen molar-refractivity contribution in [3.05, 3.63) is 52.5 Å². The molecule has 1 N–H and O–H groups in total. The minimum atomic E-state index is 0.317. The second-order valence-electron chi connectivity index (χ2n) is 4.43. The van der Waals surface area contributed by atoms with Crippen molar-refractivity contribution in [2.45, 2.75) is 32.4 Å². The van der Waals surface area contributed by atoms with Crippen molar-refractivity contribution in [3.63, 3.8) is 0 Å². The van der Waals surface area contributed by atoms with Gasteiger partial charge in [0, 0.05) is 17.6 Å². The normalized spacial score (nSPS) is 12.9. The van der Waals surface area contributed by atoms with Crippen LogP contribution in [0.2, 0.25) is 0 Å². The molecule has 0 saturated carbocycles. The Morgan fingerprint density at radius 1 is 1.24 bits per heavy atom. The molecule has 0 radical (unpaired) electrons. The molecule has 2 aromatic rings. The van der Waals surface area contributed by atoms with E-state index in [9.17, 15) is 0 Å². The van der Waals surface area contributed by atoms with Gasteiger partial charge >= 0.3 is 0 Å². The van der Waals surface area contributed by atoms with Crippen LogP contribution in [0.4, 0.5) is 0 Å². The number of hydrogen-bond acceptors (Lipinski definition) is 3. The van der Waals surface area contributed by atoms with Gasteiger partial charge in [-0.3, -0.25) is 0 Å². The summed E-state index contributed by atoms with van der Waals surface area (Å²) in [4.78, 5) is 4.42. The molecule has 0 fully saturated rings. The maximum atomic E-state index is 4.42. The standard InChI is InChI=1S/C14H18N2S/c1-11(2)16-13(14-15-8-9-17-14)10-12-6-4-3-5-7-12/h3-9,11,13,16H,10H2,1-2H3. The van der Waals surface area contributed by atoms with Crippen molar-refractivity contribution >= 4 is 11.3 Å². The molecule has 0 amide bonds. The largest absolute Gasteiger partial charge is 0.305 e. The highest BCUT2D eigenvalue weighted by Crippen LogP contribution is 2.21. The number of nitrogens with one attached hydrogen (secondary N) is 1. The number of benzene rings is 1. The lowest BCUT2D eigenvalue weighted by molar-refractivity contribution is 0.473. The van der Waals surface area contributed by atoms with Crippen molar-refractivity contribution < 1.29 is 0 Å². The molecule has 2 rings (SSSR count). The Morgan fingerprint density at radius 2 is 2.00 bits per heavy atom. The monoisotopic (exact) mass is 246 g/mol. The van der Waals surface area contributed by atoms with Crippen LogP contribution in [0.1, 0.15) is 30.5 Å². The van der Waals surface area contributed by atoms with Crippen LogP contribution in [-0.2, 0) is 6.42 Å². The zero-order valence-corrected chi connectivity index (χ0v) is 11.1. The van der Waals surface area contributed by atoms with Crippen LogP contribution < -0.4 is 5.32 Å². The second-order valence-corrected chi connectivity index (χ2v) is 5.36. The first-order valence-corrected chi connectivity index (χ1v) is 6.83. The minimum absolute atomic E-state index is 0.317. The summed E-state index contributed by atoms with van der Waals surface area (Å²) >= 11 is 1.72. The Morgan fingerprint density at radius 3 is 2.59 bits per heavy atom. The second kappa shape index (κ2) is 5.94. The molecule has 0 aliphatic rings. The van der Waals surface area contributed by atoms with Crippen LogP contribution in [0, 0.1) is 0 Å². The van der Waals surface area contributed by atoms with Crippen molar-refractivity contribution in [1.29, 1.82) is 0 Å². The summed E-state index contributed by atoms with van der Waals surface area (Å²) in [6.45, 7) is 4.34. The van der Waals surface area contributed by atoms with Gasteiger partial charge in [-0.25, -0.2) is 4.98 Å². The highest BCUT2D eigenvalue weighted by Gasteiger charge is 2.15. The van der Waals surface area contributed by atoms with Crippen molar-refractivity contribution in [1.82, 2.24) is 10.3 Å². The zero-order chi connectivity index (χ0) is 12.1. The lowest BCUT2D eigenvalue weighted by Crippen LogP contribution is -2.29. The van der Waals surface area contributed by atoms with Gasteiger partial charge in [-0.2, -0.15) is 0 Å². The SMILES string of the molecule is CC(C)NC(Cc1ccccc1)c1nccs1. The predicted octanol–water partition coefficient (Wildman–Crippen LogP) is 3.42. The molecule has 1 heterocycles. The van der Waals surface area contributed by atoms with E-state index in [1.54, 1.807) is 11.3 Å². The molecule has 1 atom stereocenters. The van der Waals surface area contributed by atoms with Crippen molar-refractivity contribution in [2.24, 2.45) is 0 Å². The molecule has 1 aromatic carbocycles. The quantitative estimate of drug-likeness (QED) is 0.874. The molecule has 90 valence electrons. The van der Waals surface area contributed by atoms with E-state index in [4.69, 9.17) is 0 Å². The number of hydrogen-bond donors (Lipinski definition) is 1. The van der Waals surface area contributed by atoms with Crippen molar-refractivity contribution in [2.75, 3.05) is 0 Å². The lowest BCUT2D eigenvalue weighted by Gasteiger charge is -2.19. The minimum Gasteiger partial charge on any atom is -0.305 e. The van der Waals surface area contributed by atoms with E-state index in [1.807, 2.05) is 11.6 Å². The van der Waals surface area contributed by atoms with E-state index in [0.717, 1.165) is 6.42 Å². The third-order valence-electron chi connectivity index (χ3n) is 2.57. The van der Waals surface area contributed by atoms with Gasteiger partial charge in [0.05, 0.1) is 6.04 Å². The van der Waals surface area contributed by atoms with E-state index in [-0.39, 0.29) is 0 Å². The fourth-order valence-electron chi connectivity index (χ4n) is 1.88. The predicted molar refractivity (Wildman–Crippen MR) is 73.3 cm³/mol. The first-order valence-electron chi connectivity index (χ1n) is 5.95. The van der Waals surface area contributed by atoms with Crippen LogP contribution >= 0.6 is 11.3 Å². The van der Waals surface area contributed by atoms with Crippen LogP contribution in [-0.4, -0.2) is 11.0 Å². The molecule has 0 spiro atoms. The molecule has 3 heteroatoms. The molecule has 1 unspecified atom stereocenters. The average molecular weight is 246 g/mol. The third kappa shape index (κ3) is 3.65. The van der Waals surface area contributed by atoms with Crippen LogP contribution in [0.15, 0.2) is 41.9 Å². The summed E-state index contributed by atoms with van der Waals surface area (Å²) in [5.41, 5.74) is 1.35. The van der Waals surface area contributed by atoms with Crippen LogP contribution in [0.25, 0.3) is 0 Å². The Bertz CT molecular complexity index is 423. The van der Waals surface area contributed by atoms with E-state index in [0.29, 0.717) is 12.1 Å². The maximum Gasteiger partial charge on any atom is 0.110 e. The Balaban J connectivity index is 2.11. The molecule has 1 aromatic heterocycles. The number of aromatic nitrogens is 1. The highest BCUT2D eigenvalue weighted by molar-refractivity contribution is 7.09. The lowest BCUT2D eigenvalue weighted by atomic mass is 10.1. The van der Waals surface area contributed by atoms with Gasteiger partial charge in [0.25, 0.3) is 0 Å². The number of rotatable bonds is 5. The molecule has 0 aliphatic heterocycles. The summed E-state index contributed by atoms with van der Waals surface area (Å²) in [7, 11) is 0.